The van der Waals surface area contributed by atoms with Crippen molar-refractivity contribution in [3.63, 3.8) is 0 Å². The van der Waals surface area contributed by atoms with Crippen LogP contribution in [-0.4, -0.2) is 16.3 Å². The molecule has 4 heteroatoms. The van der Waals surface area contributed by atoms with Crippen molar-refractivity contribution in [2.45, 2.75) is 40.3 Å². The van der Waals surface area contributed by atoms with Crippen molar-refractivity contribution in [1.29, 1.82) is 0 Å². The Labute approximate surface area is 100 Å². The highest BCUT2D eigenvalue weighted by Crippen LogP contribution is 2.16. The maximum atomic E-state index is 4.33. The summed E-state index contributed by atoms with van der Waals surface area (Å²) in [5, 5.41) is 7.77. The lowest BCUT2D eigenvalue weighted by Crippen LogP contribution is -2.21. The first-order chi connectivity index (χ1) is 7.15. The first-order valence-electron chi connectivity index (χ1n) is 5.56. The molecule has 86 valence electrons. The first kappa shape index (κ1) is 12.7. The van der Waals surface area contributed by atoms with Crippen LogP contribution in [0, 0.1) is 5.92 Å². The normalized spacial score (nSPS) is 11.3. The average Bonchev–Trinajstić information content (AvgIpc) is 2.50. The molecule has 0 fully saturated rings. The third-order valence-electron chi connectivity index (χ3n) is 2.18. The third kappa shape index (κ3) is 3.95. The second-order valence-corrected chi connectivity index (χ2v) is 5.04. The van der Waals surface area contributed by atoms with Crippen LogP contribution in [0.4, 0.5) is 0 Å². The van der Waals surface area contributed by atoms with Gasteiger partial charge in [0.15, 0.2) is 0 Å². The van der Waals surface area contributed by atoms with Gasteiger partial charge < -0.3 is 5.32 Å². The molecule has 1 aromatic heterocycles. The van der Waals surface area contributed by atoms with E-state index in [0.29, 0.717) is 5.92 Å². The van der Waals surface area contributed by atoms with Gasteiger partial charge in [0, 0.05) is 13.1 Å². The van der Waals surface area contributed by atoms with E-state index in [-0.39, 0.29) is 0 Å². The van der Waals surface area contributed by atoms with E-state index in [2.05, 4.69) is 51.8 Å². The van der Waals surface area contributed by atoms with Crippen LogP contribution in [0.2, 0.25) is 0 Å². The van der Waals surface area contributed by atoms with Crippen molar-refractivity contribution in [3.05, 3.63) is 16.4 Å². The fourth-order valence-corrected chi connectivity index (χ4v) is 1.88. The Balaban J connectivity index is 2.54. The first-order valence-corrected chi connectivity index (χ1v) is 6.35. The minimum Gasteiger partial charge on any atom is -0.311 e. The second kappa shape index (κ2) is 6.28. The van der Waals surface area contributed by atoms with E-state index in [1.54, 1.807) is 0 Å². The standard InChI is InChI=1S/C11H20BrN3/c1-4-5-15-11(10(12)7-14-15)8-13-6-9(2)3/h7,9,13H,4-6,8H2,1-3H3. The number of nitrogens with one attached hydrogen (secondary N) is 1. The van der Waals surface area contributed by atoms with Crippen molar-refractivity contribution >= 4 is 15.9 Å². The summed E-state index contributed by atoms with van der Waals surface area (Å²) in [5.74, 6) is 0.686. The number of hydrogen-bond donors (Lipinski definition) is 1. The molecule has 3 nitrogen and oxygen atoms in total. The van der Waals surface area contributed by atoms with Crippen LogP contribution < -0.4 is 5.32 Å². The minimum atomic E-state index is 0.686. The number of halogens is 1. The van der Waals surface area contributed by atoms with E-state index in [9.17, 15) is 0 Å². The van der Waals surface area contributed by atoms with E-state index in [1.165, 1.54) is 5.69 Å². The SMILES string of the molecule is CCCn1ncc(Br)c1CNCC(C)C. The fourth-order valence-electron chi connectivity index (χ4n) is 1.45. The quantitative estimate of drug-likeness (QED) is 0.864. The van der Waals surface area contributed by atoms with Crippen LogP contribution in [0.5, 0.6) is 0 Å². The Bertz CT molecular complexity index is 294. The van der Waals surface area contributed by atoms with Crippen molar-refractivity contribution in [3.8, 4) is 0 Å². The Hall–Kier alpha value is -0.350. The van der Waals surface area contributed by atoms with E-state index in [4.69, 9.17) is 0 Å². The van der Waals surface area contributed by atoms with Gasteiger partial charge in [-0.05, 0) is 34.8 Å². The summed E-state index contributed by atoms with van der Waals surface area (Å²) in [4.78, 5) is 0. The van der Waals surface area contributed by atoms with Crippen molar-refractivity contribution in [2.75, 3.05) is 6.54 Å². The summed E-state index contributed by atoms with van der Waals surface area (Å²) in [6.07, 6.45) is 2.99. The van der Waals surface area contributed by atoms with Gasteiger partial charge in [-0.25, -0.2) is 0 Å². The third-order valence-corrected chi connectivity index (χ3v) is 2.84. The van der Waals surface area contributed by atoms with Crippen LogP contribution in [0.3, 0.4) is 0 Å². The van der Waals surface area contributed by atoms with Gasteiger partial charge in [-0.15, -0.1) is 0 Å². The van der Waals surface area contributed by atoms with Crippen LogP contribution in [-0.2, 0) is 13.1 Å². The topological polar surface area (TPSA) is 29.9 Å². The Morgan fingerprint density at radius 2 is 2.27 bits per heavy atom. The maximum absolute atomic E-state index is 4.33. The molecule has 0 bridgehead atoms. The molecular formula is C11H20BrN3. The summed E-state index contributed by atoms with van der Waals surface area (Å²) >= 11 is 3.53. The van der Waals surface area contributed by atoms with Gasteiger partial charge in [0.1, 0.15) is 0 Å². The molecule has 0 unspecified atom stereocenters. The molecule has 1 heterocycles. The van der Waals surface area contributed by atoms with Crippen LogP contribution in [0.1, 0.15) is 32.9 Å². The maximum Gasteiger partial charge on any atom is 0.0664 e. The number of rotatable bonds is 6. The lowest BCUT2D eigenvalue weighted by Gasteiger charge is -2.10. The number of aromatic nitrogens is 2. The van der Waals surface area contributed by atoms with Gasteiger partial charge in [-0.3, -0.25) is 4.68 Å². The summed E-state index contributed by atoms with van der Waals surface area (Å²) in [7, 11) is 0. The van der Waals surface area contributed by atoms with Crippen LogP contribution in [0.15, 0.2) is 10.7 Å². The highest BCUT2D eigenvalue weighted by Gasteiger charge is 2.07. The summed E-state index contributed by atoms with van der Waals surface area (Å²) < 4.78 is 3.17. The Kier molecular flexibility index (Phi) is 5.32. The van der Waals surface area contributed by atoms with E-state index < -0.39 is 0 Å². The number of aryl methyl sites for hydroxylation is 1. The van der Waals surface area contributed by atoms with Gasteiger partial charge >= 0.3 is 0 Å². The molecule has 1 N–H and O–H groups in total. The monoisotopic (exact) mass is 273 g/mol. The summed E-state index contributed by atoms with van der Waals surface area (Å²) in [6.45, 7) is 9.52. The van der Waals surface area contributed by atoms with E-state index >= 15 is 0 Å². The zero-order valence-corrected chi connectivity index (χ0v) is 11.3. The molecule has 1 aromatic rings. The Morgan fingerprint density at radius 1 is 1.53 bits per heavy atom. The average molecular weight is 274 g/mol. The highest BCUT2D eigenvalue weighted by atomic mass is 79.9. The lowest BCUT2D eigenvalue weighted by atomic mass is 10.2. The lowest BCUT2D eigenvalue weighted by molar-refractivity contribution is 0.513. The molecule has 0 aromatic carbocycles. The predicted octanol–water partition coefficient (Wildman–Crippen LogP) is 2.80. The van der Waals surface area contributed by atoms with Crippen molar-refractivity contribution in [2.24, 2.45) is 5.92 Å². The van der Waals surface area contributed by atoms with Gasteiger partial charge in [-0.2, -0.15) is 5.10 Å². The molecule has 0 atom stereocenters. The minimum absolute atomic E-state index is 0.686. The number of nitrogens with zero attached hydrogens (tertiary/aromatic N) is 2. The van der Waals surface area contributed by atoms with Gasteiger partial charge in [0.25, 0.3) is 0 Å². The van der Waals surface area contributed by atoms with Gasteiger partial charge in [0.05, 0.1) is 16.4 Å². The van der Waals surface area contributed by atoms with Crippen LogP contribution in [0.25, 0.3) is 0 Å². The second-order valence-electron chi connectivity index (χ2n) is 4.19. The zero-order valence-electron chi connectivity index (χ0n) is 9.76. The highest BCUT2D eigenvalue weighted by molar-refractivity contribution is 9.10. The molecule has 1 rings (SSSR count). The molecule has 0 saturated carbocycles. The van der Waals surface area contributed by atoms with Gasteiger partial charge in [0.2, 0.25) is 0 Å². The van der Waals surface area contributed by atoms with E-state index in [1.807, 2.05) is 6.20 Å². The smallest absolute Gasteiger partial charge is 0.0664 e. The number of hydrogen-bond acceptors (Lipinski definition) is 2. The largest absolute Gasteiger partial charge is 0.311 e. The van der Waals surface area contributed by atoms with Crippen LogP contribution >= 0.6 is 15.9 Å². The zero-order chi connectivity index (χ0) is 11.3. The molecule has 0 spiro atoms. The molecule has 0 aliphatic carbocycles. The molecule has 15 heavy (non-hydrogen) atoms. The van der Waals surface area contributed by atoms with E-state index in [0.717, 1.165) is 30.5 Å². The summed E-state index contributed by atoms with van der Waals surface area (Å²) in [6, 6.07) is 0. The molecular weight excluding hydrogens is 254 g/mol. The molecule has 0 amide bonds. The van der Waals surface area contributed by atoms with Crippen molar-refractivity contribution in [1.82, 2.24) is 15.1 Å². The summed E-state index contributed by atoms with van der Waals surface area (Å²) in [5.41, 5.74) is 1.25. The fraction of sp³-hybridized carbons (Fsp3) is 0.727. The molecule has 0 radical (unpaired) electrons. The van der Waals surface area contributed by atoms with Gasteiger partial charge in [-0.1, -0.05) is 20.8 Å². The molecule has 0 aliphatic rings. The predicted molar refractivity (Wildman–Crippen MR) is 66.8 cm³/mol. The Morgan fingerprint density at radius 3 is 2.87 bits per heavy atom. The molecule has 0 saturated heterocycles. The molecule has 0 aliphatic heterocycles. The van der Waals surface area contributed by atoms with Crippen molar-refractivity contribution < 1.29 is 0 Å².